The van der Waals surface area contributed by atoms with Crippen LogP contribution in [0.15, 0.2) is 41.8 Å². The van der Waals surface area contributed by atoms with E-state index in [4.69, 9.17) is 11.0 Å². The average Bonchev–Trinajstić information content (AvgIpc) is 3.03. The van der Waals surface area contributed by atoms with E-state index in [-0.39, 0.29) is 24.2 Å². The van der Waals surface area contributed by atoms with E-state index in [1.807, 2.05) is 6.07 Å². The molecule has 0 amide bonds. The van der Waals surface area contributed by atoms with Gasteiger partial charge in [-0.2, -0.15) is 5.26 Å². The smallest absolute Gasteiger partial charge is 0.171 e. The number of benzene rings is 1. The minimum Gasteiger partial charge on any atom is -0.386 e. The third-order valence-corrected chi connectivity index (χ3v) is 9.83. The zero-order valence-electron chi connectivity index (χ0n) is 18.0. The Morgan fingerprint density at radius 2 is 2.09 bits per heavy atom. The van der Waals surface area contributed by atoms with Crippen molar-refractivity contribution in [2.75, 3.05) is 12.0 Å². The lowest BCUT2D eigenvalue weighted by Crippen LogP contribution is -2.58. The Balaban J connectivity index is 1.60. The molecule has 3 N–H and O–H groups in total. The van der Waals surface area contributed by atoms with Gasteiger partial charge in [0.05, 0.1) is 16.3 Å². The number of sulfone groups is 1. The average molecular weight is 484 g/mol. The van der Waals surface area contributed by atoms with Crippen LogP contribution in [0.2, 0.25) is 0 Å². The molecular formula is C22H19F2N7O2S. The molecule has 1 fully saturated rings. The van der Waals surface area contributed by atoms with Gasteiger partial charge in [0, 0.05) is 17.4 Å². The van der Waals surface area contributed by atoms with Crippen LogP contribution in [0.3, 0.4) is 0 Å². The molecule has 12 heteroatoms. The molecule has 2 bridgehead atoms. The Hall–Kier alpha value is -3.72. The van der Waals surface area contributed by atoms with E-state index < -0.39 is 37.9 Å². The second-order valence-electron chi connectivity index (χ2n) is 8.59. The van der Waals surface area contributed by atoms with Gasteiger partial charge in [-0.3, -0.25) is 4.99 Å². The number of nitrogens with one attached hydrogen (secondary N) is 1. The van der Waals surface area contributed by atoms with Crippen molar-refractivity contribution in [1.29, 1.82) is 5.26 Å². The Kier molecular flexibility index (Phi) is 4.80. The van der Waals surface area contributed by atoms with Gasteiger partial charge in [-0.15, -0.1) is 0 Å². The molecule has 34 heavy (non-hydrogen) atoms. The van der Waals surface area contributed by atoms with Crippen LogP contribution in [-0.4, -0.2) is 45.9 Å². The highest BCUT2D eigenvalue weighted by Gasteiger charge is 2.65. The number of nitriles is 1. The fourth-order valence-electron chi connectivity index (χ4n) is 4.88. The summed E-state index contributed by atoms with van der Waals surface area (Å²) < 4.78 is 53.6. The van der Waals surface area contributed by atoms with Gasteiger partial charge in [0.2, 0.25) is 0 Å². The monoisotopic (exact) mass is 483 g/mol. The molecule has 1 aromatic carbocycles. The zero-order valence-corrected chi connectivity index (χ0v) is 18.8. The topological polar surface area (TPSA) is 147 Å². The van der Waals surface area contributed by atoms with Crippen LogP contribution in [0.1, 0.15) is 30.9 Å². The van der Waals surface area contributed by atoms with E-state index >= 15 is 4.39 Å². The normalized spacial score (nSPS) is 27.2. The van der Waals surface area contributed by atoms with E-state index in [2.05, 4.69) is 25.3 Å². The molecule has 2 aromatic heterocycles. The summed E-state index contributed by atoms with van der Waals surface area (Å²) in [6.07, 6.45) is 2.80. The standard InChI is InChI=1S/C22H19F2N7O2S/c1-21(17-4-5-22(10-23,20(26)31-21)34(17,32)33)14-7-13(2-3-15(14)24)30-19-18-16(28-11-29-19)6-12(8-25)9-27-18/h2-3,6-7,9,11,17H,4-5,10H2,1H3,(H2,26,31)(H,28,29,30)/t17-,21+,22-/m0/s1. The Morgan fingerprint density at radius 3 is 2.82 bits per heavy atom. The number of pyridine rings is 1. The first-order chi connectivity index (χ1) is 16.2. The largest absolute Gasteiger partial charge is 0.386 e. The lowest BCUT2D eigenvalue weighted by atomic mass is 9.86. The first-order valence-electron chi connectivity index (χ1n) is 10.4. The van der Waals surface area contributed by atoms with Gasteiger partial charge >= 0.3 is 0 Å². The van der Waals surface area contributed by atoms with Crippen LogP contribution >= 0.6 is 0 Å². The van der Waals surface area contributed by atoms with Crippen molar-refractivity contribution in [2.45, 2.75) is 35.3 Å². The first kappa shape index (κ1) is 22.1. The summed E-state index contributed by atoms with van der Waals surface area (Å²) >= 11 is 0. The number of anilines is 2. The molecule has 0 saturated carbocycles. The summed E-state index contributed by atoms with van der Waals surface area (Å²) in [6, 6.07) is 7.66. The van der Waals surface area contributed by atoms with Crippen LogP contribution in [0, 0.1) is 17.1 Å². The molecule has 0 unspecified atom stereocenters. The molecule has 3 aromatic rings. The molecule has 0 radical (unpaired) electrons. The number of hydrogen-bond donors (Lipinski definition) is 2. The molecule has 174 valence electrons. The zero-order chi connectivity index (χ0) is 24.3. The Morgan fingerprint density at radius 1 is 1.29 bits per heavy atom. The van der Waals surface area contributed by atoms with Crippen molar-refractivity contribution < 1.29 is 17.2 Å². The maximum atomic E-state index is 15.1. The molecular weight excluding hydrogens is 464 g/mol. The highest BCUT2D eigenvalue weighted by atomic mass is 32.2. The predicted octanol–water partition coefficient (Wildman–Crippen LogP) is 2.65. The summed E-state index contributed by atoms with van der Waals surface area (Å²) in [7, 11) is -4.04. The second kappa shape index (κ2) is 7.39. The van der Waals surface area contributed by atoms with Crippen LogP contribution < -0.4 is 11.1 Å². The third kappa shape index (κ3) is 2.89. The number of aliphatic imine (C=N–C) groups is 1. The van der Waals surface area contributed by atoms with Crippen molar-refractivity contribution >= 4 is 38.2 Å². The number of rotatable bonds is 4. The molecule has 0 aliphatic carbocycles. The van der Waals surface area contributed by atoms with Crippen LogP contribution in [0.5, 0.6) is 0 Å². The van der Waals surface area contributed by atoms with Crippen molar-refractivity contribution in [3.05, 3.63) is 53.7 Å². The third-order valence-electron chi connectivity index (χ3n) is 6.77. The van der Waals surface area contributed by atoms with Gasteiger partial charge in [0.25, 0.3) is 0 Å². The SMILES string of the molecule is C[C@]1(c2cc(Nc3ncnc4cc(C#N)cnc34)ccc2F)N=C(N)[C@@]2(CF)CC[C@@H]1S2(=O)=O. The number of fused-ring (bicyclic) bond motifs is 3. The van der Waals surface area contributed by atoms with Crippen LogP contribution in [-0.2, 0) is 15.4 Å². The van der Waals surface area contributed by atoms with Crippen molar-refractivity contribution in [3.63, 3.8) is 0 Å². The highest BCUT2D eigenvalue weighted by Crippen LogP contribution is 2.52. The van der Waals surface area contributed by atoms with Crippen molar-refractivity contribution in [2.24, 2.45) is 10.7 Å². The lowest BCUT2D eigenvalue weighted by Gasteiger charge is -2.39. The fraction of sp³-hybridized carbons (Fsp3) is 0.318. The van der Waals surface area contributed by atoms with E-state index in [9.17, 15) is 12.8 Å². The highest BCUT2D eigenvalue weighted by molar-refractivity contribution is 7.94. The number of nitrogens with two attached hydrogens (primary N) is 1. The molecule has 3 atom stereocenters. The minimum atomic E-state index is -4.04. The lowest BCUT2D eigenvalue weighted by molar-refractivity contribution is 0.415. The minimum absolute atomic E-state index is 0.00423. The Labute approximate surface area is 193 Å². The van der Waals surface area contributed by atoms with Gasteiger partial charge in [0.15, 0.2) is 20.4 Å². The van der Waals surface area contributed by atoms with Gasteiger partial charge in [0.1, 0.15) is 41.8 Å². The number of alkyl halides is 1. The maximum Gasteiger partial charge on any atom is 0.171 e. The molecule has 9 nitrogen and oxygen atoms in total. The van der Waals surface area contributed by atoms with Crippen molar-refractivity contribution in [1.82, 2.24) is 15.0 Å². The van der Waals surface area contributed by atoms with Gasteiger partial charge < -0.3 is 11.1 Å². The van der Waals surface area contributed by atoms with E-state index in [0.717, 1.165) is 0 Å². The van der Waals surface area contributed by atoms with Gasteiger partial charge in [-0.1, -0.05) is 0 Å². The molecule has 1 saturated heterocycles. The summed E-state index contributed by atoms with van der Waals surface area (Å²) in [5.41, 5.74) is 6.04. The summed E-state index contributed by atoms with van der Waals surface area (Å²) in [6.45, 7) is 0.339. The first-order valence-corrected chi connectivity index (χ1v) is 11.9. The quantitative estimate of drug-likeness (QED) is 0.576. The maximum absolute atomic E-state index is 15.1. The molecule has 2 aliphatic rings. The van der Waals surface area contributed by atoms with E-state index in [1.165, 1.54) is 37.6 Å². The number of amidine groups is 1. The molecule has 5 rings (SSSR count). The van der Waals surface area contributed by atoms with E-state index in [0.29, 0.717) is 28.1 Å². The van der Waals surface area contributed by atoms with Gasteiger partial charge in [-0.25, -0.2) is 32.2 Å². The van der Waals surface area contributed by atoms with Crippen LogP contribution in [0.4, 0.5) is 20.3 Å². The predicted molar refractivity (Wildman–Crippen MR) is 121 cm³/mol. The van der Waals surface area contributed by atoms with Gasteiger partial charge in [-0.05, 0) is 44.0 Å². The summed E-state index contributed by atoms with van der Waals surface area (Å²) in [5, 5.41) is 11.0. The second-order valence-corrected chi connectivity index (χ2v) is 11.0. The number of aromatic nitrogens is 3. The molecule has 4 heterocycles. The fourth-order valence-corrected chi connectivity index (χ4v) is 7.53. The van der Waals surface area contributed by atoms with Crippen LogP contribution in [0.25, 0.3) is 11.0 Å². The van der Waals surface area contributed by atoms with E-state index in [1.54, 1.807) is 6.07 Å². The molecule has 2 aliphatic heterocycles. The summed E-state index contributed by atoms with van der Waals surface area (Å²) in [5.74, 6) is -0.680. The van der Waals surface area contributed by atoms with Crippen molar-refractivity contribution in [3.8, 4) is 6.07 Å². The number of nitrogens with zero attached hydrogens (tertiary/aromatic N) is 5. The molecule has 0 spiro atoms. The number of halogens is 2. The summed E-state index contributed by atoms with van der Waals surface area (Å²) in [4.78, 5) is 16.9. The number of hydrogen-bond acceptors (Lipinski definition) is 9. The Bertz CT molecular complexity index is 1520.